The number of carbonyl (C=O) groups is 1. The molecule has 0 saturated carbocycles. The first-order valence-corrected chi connectivity index (χ1v) is 4.87. The minimum absolute atomic E-state index is 0.0277. The number of nitrogens with one attached hydrogen (secondary N) is 1. The van der Waals surface area contributed by atoms with Gasteiger partial charge in [-0.05, 0) is 0 Å². The average molecular weight is 211 g/mol. The van der Waals surface area contributed by atoms with Gasteiger partial charge in [-0.3, -0.25) is 4.90 Å². The number of nitrogens with zero attached hydrogens (tertiary/aromatic N) is 2. The predicted molar refractivity (Wildman–Crippen MR) is 51.6 cm³/mol. The van der Waals surface area contributed by atoms with Gasteiger partial charge in [0.1, 0.15) is 0 Å². The van der Waals surface area contributed by atoms with Gasteiger partial charge < -0.3 is 14.9 Å². The van der Waals surface area contributed by atoms with Crippen LogP contribution >= 0.6 is 0 Å². The largest absolute Gasteiger partial charge is 0.476 e. The van der Waals surface area contributed by atoms with E-state index in [0.717, 1.165) is 26.2 Å². The van der Waals surface area contributed by atoms with Gasteiger partial charge in [0.15, 0.2) is 11.5 Å². The maximum absolute atomic E-state index is 10.6. The Morgan fingerprint density at radius 1 is 1.60 bits per heavy atom. The third kappa shape index (κ3) is 2.54. The van der Waals surface area contributed by atoms with E-state index < -0.39 is 5.97 Å². The van der Waals surface area contributed by atoms with Crippen LogP contribution in [0.3, 0.4) is 0 Å². The zero-order valence-corrected chi connectivity index (χ0v) is 8.27. The van der Waals surface area contributed by atoms with Crippen LogP contribution in [0.25, 0.3) is 0 Å². The second-order valence-corrected chi connectivity index (χ2v) is 3.51. The van der Waals surface area contributed by atoms with Crippen molar-refractivity contribution in [3.63, 3.8) is 0 Å². The van der Waals surface area contributed by atoms with Crippen LogP contribution in [0.15, 0.2) is 10.6 Å². The van der Waals surface area contributed by atoms with E-state index in [-0.39, 0.29) is 5.69 Å². The highest BCUT2D eigenvalue weighted by atomic mass is 16.5. The molecule has 0 bridgehead atoms. The molecular formula is C9H13N3O3. The first kappa shape index (κ1) is 10.1. The summed E-state index contributed by atoms with van der Waals surface area (Å²) in [6.45, 7) is 4.44. The number of rotatable bonds is 3. The summed E-state index contributed by atoms with van der Waals surface area (Å²) >= 11 is 0. The molecule has 1 saturated heterocycles. The van der Waals surface area contributed by atoms with Gasteiger partial charge in [-0.1, -0.05) is 5.16 Å². The van der Waals surface area contributed by atoms with Crippen molar-refractivity contribution in [2.75, 3.05) is 26.2 Å². The van der Waals surface area contributed by atoms with Crippen LogP contribution in [-0.4, -0.2) is 47.3 Å². The van der Waals surface area contributed by atoms with Crippen LogP contribution in [0.1, 0.15) is 16.2 Å². The summed E-state index contributed by atoms with van der Waals surface area (Å²) in [5, 5.41) is 15.4. The fourth-order valence-corrected chi connectivity index (χ4v) is 1.58. The molecular weight excluding hydrogens is 198 g/mol. The van der Waals surface area contributed by atoms with E-state index >= 15 is 0 Å². The number of aromatic carboxylic acids is 1. The van der Waals surface area contributed by atoms with Crippen LogP contribution in [0.4, 0.5) is 0 Å². The van der Waals surface area contributed by atoms with Crippen molar-refractivity contribution >= 4 is 5.97 Å². The second kappa shape index (κ2) is 4.41. The van der Waals surface area contributed by atoms with Crippen molar-refractivity contribution in [3.8, 4) is 0 Å². The molecule has 0 atom stereocenters. The van der Waals surface area contributed by atoms with Gasteiger partial charge in [0, 0.05) is 32.2 Å². The Kier molecular flexibility index (Phi) is 2.98. The smallest absolute Gasteiger partial charge is 0.358 e. The Labute approximate surface area is 86.8 Å². The molecule has 82 valence electrons. The topological polar surface area (TPSA) is 78.6 Å². The second-order valence-electron chi connectivity index (χ2n) is 3.51. The standard InChI is InChI=1S/C9H13N3O3/c13-9(14)8-5-7(15-11-8)6-12-3-1-10-2-4-12/h5,10H,1-4,6H2,(H,13,14). The molecule has 15 heavy (non-hydrogen) atoms. The maximum atomic E-state index is 10.6. The van der Waals surface area contributed by atoms with Gasteiger partial charge in [0.05, 0.1) is 6.54 Å². The normalized spacial score (nSPS) is 17.9. The lowest BCUT2D eigenvalue weighted by Gasteiger charge is -2.25. The van der Waals surface area contributed by atoms with Crippen LogP contribution in [0.2, 0.25) is 0 Å². The molecule has 0 aliphatic carbocycles. The number of aromatic nitrogens is 1. The number of hydrogen-bond donors (Lipinski definition) is 2. The Balaban J connectivity index is 1.94. The molecule has 1 aromatic heterocycles. The lowest BCUT2D eigenvalue weighted by molar-refractivity contribution is 0.0685. The van der Waals surface area contributed by atoms with Crippen molar-refractivity contribution < 1.29 is 14.4 Å². The van der Waals surface area contributed by atoms with Crippen molar-refractivity contribution in [2.45, 2.75) is 6.54 Å². The first-order chi connectivity index (χ1) is 7.25. The summed E-state index contributed by atoms with van der Waals surface area (Å²) < 4.78 is 4.94. The van der Waals surface area contributed by atoms with Gasteiger partial charge >= 0.3 is 5.97 Å². The predicted octanol–water partition coefficient (Wildman–Crippen LogP) is -0.222. The first-order valence-electron chi connectivity index (χ1n) is 4.87. The quantitative estimate of drug-likeness (QED) is 0.719. The third-order valence-electron chi connectivity index (χ3n) is 2.37. The van der Waals surface area contributed by atoms with E-state index in [0.29, 0.717) is 12.3 Å². The average Bonchev–Trinajstić information content (AvgIpc) is 2.68. The van der Waals surface area contributed by atoms with E-state index in [9.17, 15) is 4.79 Å². The molecule has 1 aliphatic heterocycles. The molecule has 1 aromatic rings. The van der Waals surface area contributed by atoms with Crippen molar-refractivity contribution in [1.82, 2.24) is 15.4 Å². The fourth-order valence-electron chi connectivity index (χ4n) is 1.58. The molecule has 1 fully saturated rings. The van der Waals surface area contributed by atoms with Gasteiger partial charge in [-0.2, -0.15) is 0 Å². The Hall–Kier alpha value is -1.40. The Morgan fingerprint density at radius 3 is 2.93 bits per heavy atom. The van der Waals surface area contributed by atoms with Crippen molar-refractivity contribution in [1.29, 1.82) is 0 Å². The molecule has 2 rings (SSSR count). The summed E-state index contributed by atoms with van der Waals surface area (Å²) in [6.07, 6.45) is 0. The Bertz CT molecular complexity index is 344. The molecule has 0 spiro atoms. The van der Waals surface area contributed by atoms with Crippen LogP contribution in [-0.2, 0) is 6.54 Å². The molecule has 0 aromatic carbocycles. The van der Waals surface area contributed by atoms with Crippen molar-refractivity contribution in [3.05, 3.63) is 17.5 Å². The van der Waals surface area contributed by atoms with Gasteiger partial charge in [-0.15, -0.1) is 0 Å². The molecule has 6 nitrogen and oxygen atoms in total. The zero-order chi connectivity index (χ0) is 10.7. The molecule has 2 heterocycles. The summed E-state index contributed by atoms with van der Waals surface area (Å²) in [4.78, 5) is 12.8. The maximum Gasteiger partial charge on any atom is 0.358 e. The van der Waals surface area contributed by atoms with E-state index in [1.807, 2.05) is 0 Å². The number of hydrogen-bond acceptors (Lipinski definition) is 5. The van der Waals surface area contributed by atoms with Crippen LogP contribution in [0.5, 0.6) is 0 Å². The van der Waals surface area contributed by atoms with Gasteiger partial charge in [0.25, 0.3) is 0 Å². The van der Waals surface area contributed by atoms with Crippen LogP contribution < -0.4 is 5.32 Å². The van der Waals surface area contributed by atoms with Crippen LogP contribution in [0, 0.1) is 0 Å². The lowest BCUT2D eigenvalue weighted by atomic mass is 10.3. The minimum Gasteiger partial charge on any atom is -0.476 e. The molecule has 2 N–H and O–H groups in total. The number of piperazine rings is 1. The highest BCUT2D eigenvalue weighted by molar-refractivity contribution is 5.85. The van der Waals surface area contributed by atoms with E-state index in [1.165, 1.54) is 6.07 Å². The number of carboxylic acid groups (broad SMARTS) is 1. The summed E-state index contributed by atoms with van der Waals surface area (Å²) in [5.41, 5.74) is -0.0277. The summed E-state index contributed by atoms with van der Waals surface area (Å²) in [7, 11) is 0. The highest BCUT2D eigenvalue weighted by Gasteiger charge is 2.15. The molecule has 0 unspecified atom stereocenters. The zero-order valence-electron chi connectivity index (χ0n) is 8.27. The SMILES string of the molecule is O=C(O)c1cc(CN2CCNCC2)on1. The Morgan fingerprint density at radius 2 is 2.33 bits per heavy atom. The van der Waals surface area contributed by atoms with Crippen molar-refractivity contribution in [2.24, 2.45) is 0 Å². The molecule has 6 heteroatoms. The fraction of sp³-hybridized carbons (Fsp3) is 0.556. The molecule has 1 aliphatic rings. The third-order valence-corrected chi connectivity index (χ3v) is 2.37. The van der Waals surface area contributed by atoms with Gasteiger partial charge in [-0.25, -0.2) is 4.79 Å². The van der Waals surface area contributed by atoms with E-state index in [4.69, 9.17) is 9.63 Å². The van der Waals surface area contributed by atoms with E-state index in [2.05, 4.69) is 15.4 Å². The molecule has 0 amide bonds. The summed E-state index contributed by atoms with van der Waals surface area (Å²) in [5.74, 6) is -0.445. The minimum atomic E-state index is -1.05. The number of carboxylic acids is 1. The highest BCUT2D eigenvalue weighted by Crippen LogP contribution is 2.07. The van der Waals surface area contributed by atoms with Gasteiger partial charge in [0.2, 0.25) is 0 Å². The molecule has 0 radical (unpaired) electrons. The monoisotopic (exact) mass is 211 g/mol. The van der Waals surface area contributed by atoms with E-state index in [1.54, 1.807) is 0 Å². The lowest BCUT2D eigenvalue weighted by Crippen LogP contribution is -2.42. The summed E-state index contributed by atoms with van der Waals surface area (Å²) in [6, 6.07) is 1.48.